The van der Waals surface area contributed by atoms with E-state index in [2.05, 4.69) is 11.9 Å². The van der Waals surface area contributed by atoms with Crippen LogP contribution in [0.3, 0.4) is 0 Å². The lowest BCUT2D eigenvalue weighted by molar-refractivity contribution is 0.117. The predicted octanol–water partition coefficient (Wildman–Crippen LogP) is 1.46. The van der Waals surface area contributed by atoms with Crippen molar-refractivity contribution in [3.63, 3.8) is 0 Å². The van der Waals surface area contributed by atoms with Gasteiger partial charge in [-0.15, -0.1) is 6.58 Å². The van der Waals surface area contributed by atoms with Gasteiger partial charge >= 0.3 is 0 Å². The SMILES string of the molecule is C=CCCNC1CCC(O)CC1. The highest BCUT2D eigenvalue weighted by Crippen LogP contribution is 2.17. The molecule has 12 heavy (non-hydrogen) atoms. The number of nitrogens with one attached hydrogen (secondary N) is 1. The van der Waals surface area contributed by atoms with Crippen molar-refractivity contribution >= 4 is 0 Å². The van der Waals surface area contributed by atoms with Crippen molar-refractivity contribution in [2.75, 3.05) is 6.54 Å². The van der Waals surface area contributed by atoms with E-state index in [9.17, 15) is 5.11 Å². The molecule has 1 aliphatic rings. The van der Waals surface area contributed by atoms with Gasteiger partial charge in [0.2, 0.25) is 0 Å². The average Bonchev–Trinajstić information content (AvgIpc) is 2.09. The molecule has 0 amide bonds. The molecule has 2 N–H and O–H groups in total. The van der Waals surface area contributed by atoms with Crippen molar-refractivity contribution in [3.8, 4) is 0 Å². The summed E-state index contributed by atoms with van der Waals surface area (Å²) in [5, 5.41) is 12.7. The molecule has 0 radical (unpaired) electrons. The van der Waals surface area contributed by atoms with Crippen LogP contribution in [0, 0.1) is 0 Å². The fraction of sp³-hybridized carbons (Fsp3) is 0.800. The van der Waals surface area contributed by atoms with Crippen LogP contribution in [0.1, 0.15) is 32.1 Å². The summed E-state index contributed by atoms with van der Waals surface area (Å²) >= 11 is 0. The molecule has 0 spiro atoms. The molecule has 1 fully saturated rings. The Labute approximate surface area is 74.7 Å². The maximum atomic E-state index is 9.25. The molecule has 0 bridgehead atoms. The summed E-state index contributed by atoms with van der Waals surface area (Å²) in [6.45, 7) is 4.71. The Morgan fingerprint density at radius 3 is 2.58 bits per heavy atom. The van der Waals surface area contributed by atoms with E-state index in [1.54, 1.807) is 0 Å². The van der Waals surface area contributed by atoms with E-state index in [0.29, 0.717) is 6.04 Å². The topological polar surface area (TPSA) is 32.3 Å². The minimum Gasteiger partial charge on any atom is -0.393 e. The van der Waals surface area contributed by atoms with Gasteiger partial charge in [0.05, 0.1) is 6.10 Å². The van der Waals surface area contributed by atoms with Crippen molar-refractivity contribution in [2.24, 2.45) is 0 Å². The lowest BCUT2D eigenvalue weighted by Crippen LogP contribution is -2.34. The number of rotatable bonds is 4. The van der Waals surface area contributed by atoms with Crippen molar-refractivity contribution in [2.45, 2.75) is 44.2 Å². The zero-order valence-electron chi connectivity index (χ0n) is 7.63. The van der Waals surface area contributed by atoms with E-state index in [1.165, 1.54) is 0 Å². The molecule has 0 aromatic heterocycles. The number of hydrogen-bond acceptors (Lipinski definition) is 2. The van der Waals surface area contributed by atoms with Gasteiger partial charge in [0.25, 0.3) is 0 Å². The quantitative estimate of drug-likeness (QED) is 0.493. The van der Waals surface area contributed by atoms with E-state index < -0.39 is 0 Å². The van der Waals surface area contributed by atoms with Gasteiger partial charge in [-0.25, -0.2) is 0 Å². The van der Waals surface area contributed by atoms with Crippen LogP contribution in [-0.2, 0) is 0 Å². The third-order valence-corrected chi connectivity index (χ3v) is 2.48. The molecule has 0 aromatic carbocycles. The maximum absolute atomic E-state index is 9.25. The number of aliphatic hydroxyl groups is 1. The highest BCUT2D eigenvalue weighted by atomic mass is 16.3. The lowest BCUT2D eigenvalue weighted by atomic mass is 9.93. The average molecular weight is 169 g/mol. The summed E-state index contributed by atoms with van der Waals surface area (Å²) in [7, 11) is 0. The Hall–Kier alpha value is -0.340. The van der Waals surface area contributed by atoms with Crippen molar-refractivity contribution in [1.29, 1.82) is 0 Å². The molecule has 0 atom stereocenters. The third kappa shape index (κ3) is 3.37. The molecule has 1 rings (SSSR count). The lowest BCUT2D eigenvalue weighted by Gasteiger charge is -2.26. The van der Waals surface area contributed by atoms with Gasteiger partial charge in [-0.2, -0.15) is 0 Å². The van der Waals surface area contributed by atoms with Gasteiger partial charge in [0, 0.05) is 6.04 Å². The summed E-state index contributed by atoms with van der Waals surface area (Å²) in [6.07, 6.45) is 7.11. The van der Waals surface area contributed by atoms with Crippen LogP contribution in [0.25, 0.3) is 0 Å². The largest absolute Gasteiger partial charge is 0.393 e. The van der Waals surface area contributed by atoms with Crippen LogP contribution in [0.15, 0.2) is 12.7 Å². The third-order valence-electron chi connectivity index (χ3n) is 2.48. The smallest absolute Gasteiger partial charge is 0.0541 e. The van der Waals surface area contributed by atoms with Gasteiger partial charge in [-0.1, -0.05) is 6.08 Å². The maximum Gasteiger partial charge on any atom is 0.0541 e. The molecule has 0 heterocycles. The minimum absolute atomic E-state index is 0.0394. The zero-order valence-corrected chi connectivity index (χ0v) is 7.63. The van der Waals surface area contributed by atoms with Crippen LogP contribution in [-0.4, -0.2) is 23.8 Å². The van der Waals surface area contributed by atoms with Crippen LogP contribution < -0.4 is 5.32 Å². The van der Waals surface area contributed by atoms with Gasteiger partial charge in [-0.3, -0.25) is 0 Å². The molecular formula is C10H19NO. The van der Waals surface area contributed by atoms with E-state index in [4.69, 9.17) is 0 Å². The number of hydrogen-bond donors (Lipinski definition) is 2. The number of aliphatic hydroxyl groups excluding tert-OH is 1. The monoisotopic (exact) mass is 169 g/mol. The molecule has 0 unspecified atom stereocenters. The molecular weight excluding hydrogens is 150 g/mol. The van der Waals surface area contributed by atoms with E-state index in [0.717, 1.165) is 38.6 Å². The molecule has 2 nitrogen and oxygen atoms in total. The summed E-state index contributed by atoms with van der Waals surface area (Å²) in [5.74, 6) is 0. The van der Waals surface area contributed by atoms with Gasteiger partial charge in [0.1, 0.15) is 0 Å². The Kier molecular flexibility index (Phi) is 4.33. The fourth-order valence-electron chi connectivity index (χ4n) is 1.67. The van der Waals surface area contributed by atoms with Crippen molar-refractivity contribution in [1.82, 2.24) is 5.32 Å². The molecule has 0 aliphatic heterocycles. The standard InChI is InChI=1S/C10H19NO/c1-2-3-8-11-9-4-6-10(12)7-5-9/h2,9-12H,1,3-8H2. The van der Waals surface area contributed by atoms with Crippen LogP contribution >= 0.6 is 0 Å². The first-order chi connectivity index (χ1) is 5.83. The Bertz CT molecular complexity index is 128. The minimum atomic E-state index is -0.0394. The van der Waals surface area contributed by atoms with Crippen LogP contribution in [0.5, 0.6) is 0 Å². The molecule has 0 aromatic rings. The zero-order chi connectivity index (χ0) is 8.81. The molecule has 0 saturated heterocycles. The second-order valence-electron chi connectivity index (χ2n) is 3.54. The molecule has 1 aliphatic carbocycles. The normalized spacial score (nSPS) is 30.1. The van der Waals surface area contributed by atoms with Gasteiger partial charge in [0.15, 0.2) is 0 Å². The first kappa shape index (κ1) is 9.75. The molecule has 1 saturated carbocycles. The van der Waals surface area contributed by atoms with E-state index in [1.807, 2.05) is 6.08 Å². The summed E-state index contributed by atoms with van der Waals surface area (Å²) < 4.78 is 0. The van der Waals surface area contributed by atoms with Crippen LogP contribution in [0.2, 0.25) is 0 Å². The highest BCUT2D eigenvalue weighted by molar-refractivity contribution is 4.77. The van der Waals surface area contributed by atoms with Crippen LogP contribution in [0.4, 0.5) is 0 Å². The summed E-state index contributed by atoms with van der Waals surface area (Å²) in [6, 6.07) is 0.633. The van der Waals surface area contributed by atoms with Gasteiger partial charge in [-0.05, 0) is 38.6 Å². The van der Waals surface area contributed by atoms with E-state index >= 15 is 0 Å². The summed E-state index contributed by atoms with van der Waals surface area (Å²) in [5.41, 5.74) is 0. The Morgan fingerprint density at radius 2 is 2.00 bits per heavy atom. The molecule has 2 heteroatoms. The second kappa shape index (κ2) is 5.33. The van der Waals surface area contributed by atoms with E-state index in [-0.39, 0.29) is 6.10 Å². The van der Waals surface area contributed by atoms with Crippen molar-refractivity contribution < 1.29 is 5.11 Å². The second-order valence-corrected chi connectivity index (χ2v) is 3.54. The fourth-order valence-corrected chi connectivity index (χ4v) is 1.67. The Morgan fingerprint density at radius 1 is 1.33 bits per heavy atom. The van der Waals surface area contributed by atoms with Crippen molar-refractivity contribution in [3.05, 3.63) is 12.7 Å². The highest BCUT2D eigenvalue weighted by Gasteiger charge is 2.17. The summed E-state index contributed by atoms with van der Waals surface area (Å²) in [4.78, 5) is 0. The first-order valence-electron chi connectivity index (χ1n) is 4.85. The predicted molar refractivity (Wildman–Crippen MR) is 51.1 cm³/mol. The first-order valence-corrected chi connectivity index (χ1v) is 4.85. The Balaban J connectivity index is 2.05. The van der Waals surface area contributed by atoms with Gasteiger partial charge < -0.3 is 10.4 Å². The molecule has 70 valence electrons.